The Kier molecular flexibility index (Phi) is 6.09. The van der Waals surface area contributed by atoms with Crippen molar-refractivity contribution in [3.8, 4) is 0 Å². The fourth-order valence-electron chi connectivity index (χ4n) is 2.80. The molecule has 0 saturated heterocycles. The number of hydrogen-bond acceptors (Lipinski definition) is 3. The highest BCUT2D eigenvalue weighted by Crippen LogP contribution is 2.23. The van der Waals surface area contributed by atoms with Crippen LogP contribution in [0.15, 0.2) is 0 Å². The van der Waals surface area contributed by atoms with Crippen LogP contribution in [0.5, 0.6) is 0 Å². The summed E-state index contributed by atoms with van der Waals surface area (Å²) in [6.07, 6.45) is 8.22. The second-order valence-electron chi connectivity index (χ2n) is 5.81. The minimum absolute atomic E-state index is 0.398. The van der Waals surface area contributed by atoms with E-state index in [9.17, 15) is 4.79 Å². The van der Waals surface area contributed by atoms with Crippen LogP contribution in [-0.4, -0.2) is 35.5 Å². The third kappa shape index (κ3) is 4.58. The maximum absolute atomic E-state index is 11.1. The molecule has 0 aromatic rings. The van der Waals surface area contributed by atoms with E-state index in [0.717, 1.165) is 32.0 Å². The van der Waals surface area contributed by atoms with Crippen molar-refractivity contribution in [3.05, 3.63) is 0 Å². The van der Waals surface area contributed by atoms with E-state index in [1.165, 1.54) is 25.7 Å². The summed E-state index contributed by atoms with van der Waals surface area (Å²) in [4.78, 5) is 13.7. The van der Waals surface area contributed by atoms with Gasteiger partial charge in [-0.1, -0.05) is 19.8 Å². The first-order chi connectivity index (χ1) is 8.47. The van der Waals surface area contributed by atoms with E-state index >= 15 is 0 Å². The fourth-order valence-corrected chi connectivity index (χ4v) is 2.80. The summed E-state index contributed by atoms with van der Waals surface area (Å²) in [6.45, 7) is 6.20. The first-order valence-electron chi connectivity index (χ1n) is 7.30. The Morgan fingerprint density at radius 1 is 1.33 bits per heavy atom. The molecular weight excluding hydrogens is 226 g/mol. The Morgan fingerprint density at radius 2 is 1.94 bits per heavy atom. The molecule has 1 rings (SSSR count). The molecule has 0 aromatic carbocycles. The normalized spacial score (nSPS) is 20.2. The van der Waals surface area contributed by atoms with Crippen LogP contribution in [0.1, 0.15) is 58.8 Å². The van der Waals surface area contributed by atoms with Gasteiger partial charge in [0.15, 0.2) is 0 Å². The molecule has 1 fully saturated rings. The van der Waals surface area contributed by atoms with E-state index in [1.54, 1.807) is 6.92 Å². The molecule has 106 valence electrons. The van der Waals surface area contributed by atoms with Gasteiger partial charge < -0.3 is 16.4 Å². The fraction of sp³-hybridized carbons (Fsp3) is 0.929. The number of primary amides is 1. The average molecular weight is 255 g/mol. The van der Waals surface area contributed by atoms with Gasteiger partial charge in [-0.2, -0.15) is 0 Å². The summed E-state index contributed by atoms with van der Waals surface area (Å²) in [6, 6.07) is 0.787. The molecule has 0 aliphatic heterocycles. The van der Waals surface area contributed by atoms with E-state index in [0.29, 0.717) is 6.42 Å². The SMILES string of the molecule is CCN(CCCCC(C)(N)C(N)=O)C1CCCC1. The van der Waals surface area contributed by atoms with Gasteiger partial charge in [-0.15, -0.1) is 0 Å². The van der Waals surface area contributed by atoms with Crippen molar-refractivity contribution in [2.45, 2.75) is 70.4 Å². The van der Waals surface area contributed by atoms with Crippen molar-refractivity contribution in [3.63, 3.8) is 0 Å². The molecule has 1 unspecified atom stereocenters. The summed E-state index contributed by atoms with van der Waals surface area (Å²) < 4.78 is 0. The van der Waals surface area contributed by atoms with Crippen LogP contribution >= 0.6 is 0 Å². The van der Waals surface area contributed by atoms with Crippen LogP contribution in [0.25, 0.3) is 0 Å². The lowest BCUT2D eigenvalue weighted by molar-refractivity contribution is -0.122. The average Bonchev–Trinajstić information content (AvgIpc) is 2.82. The van der Waals surface area contributed by atoms with Crippen LogP contribution in [0, 0.1) is 0 Å². The standard InChI is InChI=1S/C14H29N3O/c1-3-17(12-8-4-5-9-12)11-7-6-10-14(2,16)13(15)18/h12H,3-11,16H2,1-2H3,(H2,15,18). The van der Waals surface area contributed by atoms with Gasteiger partial charge in [-0.3, -0.25) is 4.79 Å². The van der Waals surface area contributed by atoms with Gasteiger partial charge in [0.2, 0.25) is 5.91 Å². The van der Waals surface area contributed by atoms with Gasteiger partial charge >= 0.3 is 0 Å². The van der Waals surface area contributed by atoms with E-state index in [2.05, 4.69) is 11.8 Å². The molecule has 4 nitrogen and oxygen atoms in total. The van der Waals surface area contributed by atoms with Crippen LogP contribution in [0.3, 0.4) is 0 Å². The number of rotatable bonds is 8. The van der Waals surface area contributed by atoms with Crippen LogP contribution < -0.4 is 11.5 Å². The van der Waals surface area contributed by atoms with Crippen molar-refractivity contribution < 1.29 is 4.79 Å². The number of nitrogens with zero attached hydrogens (tertiary/aromatic N) is 1. The van der Waals surface area contributed by atoms with Crippen LogP contribution in [0.2, 0.25) is 0 Å². The van der Waals surface area contributed by atoms with Crippen molar-refractivity contribution in [2.24, 2.45) is 11.5 Å². The number of amides is 1. The first-order valence-corrected chi connectivity index (χ1v) is 7.30. The zero-order chi connectivity index (χ0) is 13.6. The second kappa shape index (κ2) is 7.10. The van der Waals surface area contributed by atoms with E-state index in [4.69, 9.17) is 11.5 Å². The molecule has 1 aliphatic carbocycles. The minimum atomic E-state index is -0.843. The van der Waals surface area contributed by atoms with Gasteiger partial charge in [-0.05, 0) is 52.1 Å². The third-order valence-corrected chi connectivity index (χ3v) is 4.20. The lowest BCUT2D eigenvalue weighted by Gasteiger charge is -2.28. The van der Waals surface area contributed by atoms with E-state index < -0.39 is 11.4 Å². The molecule has 0 bridgehead atoms. The summed E-state index contributed by atoms with van der Waals surface area (Å²) in [5.74, 6) is -0.398. The number of carbonyl (C=O) groups excluding carboxylic acids is 1. The molecule has 1 atom stereocenters. The molecule has 4 N–H and O–H groups in total. The Morgan fingerprint density at radius 3 is 2.44 bits per heavy atom. The highest BCUT2D eigenvalue weighted by atomic mass is 16.1. The van der Waals surface area contributed by atoms with Crippen LogP contribution in [-0.2, 0) is 4.79 Å². The second-order valence-corrected chi connectivity index (χ2v) is 5.81. The molecule has 1 saturated carbocycles. The van der Waals surface area contributed by atoms with Crippen LogP contribution in [0.4, 0.5) is 0 Å². The number of hydrogen-bond donors (Lipinski definition) is 2. The molecule has 0 spiro atoms. The van der Waals surface area contributed by atoms with Gasteiger partial charge in [0.1, 0.15) is 0 Å². The number of unbranched alkanes of at least 4 members (excludes halogenated alkanes) is 1. The quantitative estimate of drug-likeness (QED) is 0.647. The van der Waals surface area contributed by atoms with Crippen molar-refractivity contribution >= 4 is 5.91 Å². The number of carbonyl (C=O) groups is 1. The Bertz CT molecular complexity index is 260. The monoisotopic (exact) mass is 255 g/mol. The zero-order valence-corrected chi connectivity index (χ0v) is 12.0. The maximum Gasteiger partial charge on any atom is 0.237 e. The summed E-state index contributed by atoms with van der Waals surface area (Å²) in [7, 11) is 0. The molecule has 1 aliphatic rings. The molecule has 0 heterocycles. The van der Waals surface area contributed by atoms with Crippen molar-refractivity contribution in [2.75, 3.05) is 13.1 Å². The highest BCUT2D eigenvalue weighted by molar-refractivity contribution is 5.83. The predicted octanol–water partition coefficient (Wildman–Crippen LogP) is 1.62. The molecule has 1 amide bonds. The summed E-state index contributed by atoms with van der Waals surface area (Å²) >= 11 is 0. The Hall–Kier alpha value is -0.610. The third-order valence-electron chi connectivity index (χ3n) is 4.20. The maximum atomic E-state index is 11.1. The summed E-state index contributed by atoms with van der Waals surface area (Å²) in [5, 5.41) is 0. The van der Waals surface area contributed by atoms with Gasteiger partial charge in [0.05, 0.1) is 5.54 Å². The lowest BCUT2D eigenvalue weighted by atomic mass is 9.95. The van der Waals surface area contributed by atoms with E-state index in [1.807, 2.05) is 0 Å². The topological polar surface area (TPSA) is 72.3 Å². The number of nitrogens with two attached hydrogens (primary N) is 2. The van der Waals surface area contributed by atoms with E-state index in [-0.39, 0.29) is 0 Å². The summed E-state index contributed by atoms with van der Waals surface area (Å²) in [5.41, 5.74) is 10.3. The minimum Gasteiger partial charge on any atom is -0.368 e. The molecular formula is C14H29N3O. The molecule has 0 aromatic heterocycles. The van der Waals surface area contributed by atoms with Crippen molar-refractivity contribution in [1.29, 1.82) is 0 Å². The molecule has 0 radical (unpaired) electrons. The first kappa shape index (κ1) is 15.4. The van der Waals surface area contributed by atoms with Crippen molar-refractivity contribution in [1.82, 2.24) is 4.90 Å². The highest BCUT2D eigenvalue weighted by Gasteiger charge is 2.25. The van der Waals surface area contributed by atoms with Gasteiger partial charge in [0, 0.05) is 6.04 Å². The smallest absolute Gasteiger partial charge is 0.237 e. The Balaban J connectivity index is 2.21. The largest absolute Gasteiger partial charge is 0.368 e. The predicted molar refractivity (Wildman–Crippen MR) is 75.1 cm³/mol. The van der Waals surface area contributed by atoms with Gasteiger partial charge in [-0.25, -0.2) is 0 Å². The Labute approximate surface area is 111 Å². The zero-order valence-electron chi connectivity index (χ0n) is 12.0. The lowest BCUT2D eigenvalue weighted by Crippen LogP contribution is -2.49. The van der Waals surface area contributed by atoms with Gasteiger partial charge in [0.25, 0.3) is 0 Å². The molecule has 18 heavy (non-hydrogen) atoms. The molecule has 4 heteroatoms.